The van der Waals surface area contributed by atoms with E-state index in [1.165, 1.54) is 17.8 Å². The first-order valence-electron chi connectivity index (χ1n) is 7.26. The molecule has 0 fully saturated rings. The largest absolute Gasteiger partial charge is 0.396 e. The van der Waals surface area contributed by atoms with Gasteiger partial charge in [0, 0.05) is 20.1 Å². The summed E-state index contributed by atoms with van der Waals surface area (Å²) in [5, 5.41) is 4.54. The van der Waals surface area contributed by atoms with Gasteiger partial charge in [-0.15, -0.1) is 23.1 Å². The van der Waals surface area contributed by atoms with Gasteiger partial charge in [-0.3, -0.25) is 4.79 Å². The first kappa shape index (κ1) is 18.2. The highest BCUT2D eigenvalue weighted by molar-refractivity contribution is 7.99. The Kier molecular flexibility index (Phi) is 6.87. The van der Waals surface area contributed by atoms with Crippen LogP contribution in [-0.2, 0) is 0 Å². The molecule has 2 unspecified atom stereocenters. The van der Waals surface area contributed by atoms with Crippen molar-refractivity contribution in [2.24, 2.45) is 5.92 Å². The van der Waals surface area contributed by atoms with E-state index in [9.17, 15) is 4.79 Å². The van der Waals surface area contributed by atoms with Crippen molar-refractivity contribution in [3.63, 3.8) is 0 Å². The summed E-state index contributed by atoms with van der Waals surface area (Å²) in [6.07, 6.45) is 4.28. The van der Waals surface area contributed by atoms with E-state index in [4.69, 9.17) is 5.73 Å². The van der Waals surface area contributed by atoms with E-state index in [1.54, 1.807) is 30.8 Å². The number of carbonyl (C=O) groups excluding carboxylic acids is 1. The second-order valence-corrected chi connectivity index (χ2v) is 7.54. The molecule has 3 N–H and O–H groups in total. The zero-order chi connectivity index (χ0) is 16.2. The Bertz CT molecular complexity index is 486. The number of hydrogen-bond donors (Lipinski definition) is 2. The fourth-order valence-corrected chi connectivity index (χ4v) is 4.30. The monoisotopic (exact) mass is 329 g/mol. The van der Waals surface area contributed by atoms with Gasteiger partial charge in [-0.1, -0.05) is 20.3 Å². The minimum Gasteiger partial charge on any atom is -0.396 e. The van der Waals surface area contributed by atoms with Crippen LogP contribution in [0.3, 0.4) is 0 Å². The molecule has 1 amide bonds. The molecule has 0 bridgehead atoms. The van der Waals surface area contributed by atoms with Crippen LogP contribution in [0.5, 0.6) is 0 Å². The van der Waals surface area contributed by atoms with E-state index in [1.807, 2.05) is 6.26 Å². The van der Waals surface area contributed by atoms with Gasteiger partial charge in [0.05, 0.1) is 10.6 Å². The molecule has 1 heterocycles. The number of nitrogens with two attached hydrogens (primary N) is 1. The van der Waals surface area contributed by atoms with Gasteiger partial charge >= 0.3 is 0 Å². The molecule has 21 heavy (non-hydrogen) atoms. The van der Waals surface area contributed by atoms with Crippen molar-refractivity contribution in [3.05, 3.63) is 4.88 Å². The Morgan fingerprint density at radius 1 is 1.43 bits per heavy atom. The lowest BCUT2D eigenvalue weighted by Gasteiger charge is -2.18. The number of nitrogen functional groups attached to an aromatic ring is 1. The molecule has 0 aliphatic heterocycles. The molecule has 0 radical (unpaired) electrons. The van der Waals surface area contributed by atoms with Gasteiger partial charge in [0.2, 0.25) is 0 Å². The van der Waals surface area contributed by atoms with Crippen molar-refractivity contribution in [2.75, 3.05) is 31.4 Å². The van der Waals surface area contributed by atoms with Gasteiger partial charge in [0.15, 0.2) is 0 Å². The SMILES string of the molecule is CCC(C)CC(C)Nc1sc(C(=O)N(C)C)c(N)c1SC. The number of rotatable bonds is 7. The van der Waals surface area contributed by atoms with Gasteiger partial charge in [-0.05, 0) is 25.5 Å². The van der Waals surface area contributed by atoms with Crippen molar-refractivity contribution in [1.82, 2.24) is 4.90 Å². The lowest BCUT2D eigenvalue weighted by Crippen LogP contribution is -2.21. The van der Waals surface area contributed by atoms with Crippen LogP contribution in [0.2, 0.25) is 0 Å². The van der Waals surface area contributed by atoms with E-state index in [2.05, 4.69) is 26.1 Å². The van der Waals surface area contributed by atoms with Crippen molar-refractivity contribution in [2.45, 2.75) is 44.6 Å². The van der Waals surface area contributed by atoms with Crippen LogP contribution < -0.4 is 11.1 Å². The molecule has 4 nitrogen and oxygen atoms in total. The summed E-state index contributed by atoms with van der Waals surface area (Å²) in [7, 11) is 3.50. The van der Waals surface area contributed by atoms with E-state index in [-0.39, 0.29) is 5.91 Å². The Balaban J connectivity index is 2.97. The van der Waals surface area contributed by atoms with E-state index in [0.29, 0.717) is 22.5 Å². The molecular formula is C15H27N3OS2. The summed E-state index contributed by atoms with van der Waals surface area (Å²) >= 11 is 3.05. The predicted molar refractivity (Wildman–Crippen MR) is 95.7 cm³/mol. The smallest absolute Gasteiger partial charge is 0.265 e. The number of nitrogens with zero attached hydrogens (tertiary/aromatic N) is 1. The number of amides is 1. The maximum Gasteiger partial charge on any atom is 0.265 e. The molecule has 1 aromatic rings. The normalized spacial score (nSPS) is 13.8. The highest BCUT2D eigenvalue weighted by atomic mass is 32.2. The number of thiophene rings is 1. The molecule has 1 rings (SSSR count). The van der Waals surface area contributed by atoms with Gasteiger partial charge in [0.25, 0.3) is 5.91 Å². The van der Waals surface area contributed by atoms with Crippen LogP contribution in [0.1, 0.15) is 43.3 Å². The second kappa shape index (κ2) is 7.94. The number of hydrogen-bond acceptors (Lipinski definition) is 5. The topological polar surface area (TPSA) is 58.4 Å². The van der Waals surface area contributed by atoms with Crippen LogP contribution in [0.4, 0.5) is 10.7 Å². The third-order valence-corrected chi connectivity index (χ3v) is 5.62. The van der Waals surface area contributed by atoms with Crippen LogP contribution in [0.15, 0.2) is 4.90 Å². The van der Waals surface area contributed by atoms with Crippen molar-refractivity contribution in [1.29, 1.82) is 0 Å². The Labute approximate surface area is 136 Å². The third kappa shape index (κ3) is 4.54. The average Bonchev–Trinajstić information content (AvgIpc) is 2.73. The summed E-state index contributed by atoms with van der Waals surface area (Å²) < 4.78 is 0. The fourth-order valence-electron chi connectivity index (χ4n) is 2.14. The highest BCUT2D eigenvalue weighted by Gasteiger charge is 2.22. The molecule has 0 saturated carbocycles. The fraction of sp³-hybridized carbons (Fsp3) is 0.667. The number of nitrogens with one attached hydrogen (secondary N) is 1. The molecular weight excluding hydrogens is 302 g/mol. The lowest BCUT2D eigenvalue weighted by molar-refractivity contribution is 0.0833. The van der Waals surface area contributed by atoms with Crippen molar-refractivity contribution >= 4 is 39.7 Å². The molecule has 0 spiro atoms. The number of thioether (sulfide) groups is 1. The zero-order valence-corrected chi connectivity index (χ0v) is 15.5. The van der Waals surface area contributed by atoms with Gasteiger partial charge in [-0.2, -0.15) is 0 Å². The van der Waals surface area contributed by atoms with Gasteiger partial charge in [-0.25, -0.2) is 0 Å². The molecule has 0 aliphatic rings. The Morgan fingerprint density at radius 3 is 2.52 bits per heavy atom. The lowest BCUT2D eigenvalue weighted by atomic mass is 10.0. The molecule has 6 heteroatoms. The zero-order valence-electron chi connectivity index (χ0n) is 13.8. The maximum atomic E-state index is 12.2. The van der Waals surface area contributed by atoms with Crippen LogP contribution in [0.25, 0.3) is 0 Å². The van der Waals surface area contributed by atoms with Crippen LogP contribution >= 0.6 is 23.1 Å². The third-order valence-electron chi connectivity index (χ3n) is 3.53. The van der Waals surface area contributed by atoms with E-state index >= 15 is 0 Å². The second-order valence-electron chi connectivity index (χ2n) is 5.70. The highest BCUT2D eigenvalue weighted by Crippen LogP contribution is 2.42. The molecule has 2 atom stereocenters. The van der Waals surface area contributed by atoms with E-state index in [0.717, 1.165) is 16.3 Å². The number of carbonyl (C=O) groups is 1. The van der Waals surface area contributed by atoms with Crippen LogP contribution in [0, 0.1) is 5.92 Å². The quantitative estimate of drug-likeness (QED) is 0.743. The molecule has 0 saturated heterocycles. The summed E-state index contributed by atoms with van der Waals surface area (Å²) in [5.41, 5.74) is 6.76. The van der Waals surface area contributed by atoms with Crippen molar-refractivity contribution in [3.8, 4) is 0 Å². The van der Waals surface area contributed by atoms with E-state index < -0.39 is 0 Å². The average molecular weight is 330 g/mol. The Hall–Kier alpha value is -0.880. The minimum atomic E-state index is -0.0320. The molecule has 0 aromatic carbocycles. The molecule has 1 aromatic heterocycles. The number of anilines is 2. The predicted octanol–water partition coefficient (Wildman–Crippen LogP) is 3.99. The summed E-state index contributed by atoms with van der Waals surface area (Å²) in [6, 6.07) is 0.367. The molecule has 120 valence electrons. The Morgan fingerprint density at radius 2 is 2.05 bits per heavy atom. The summed E-state index contributed by atoms with van der Waals surface area (Å²) in [6.45, 7) is 6.65. The van der Waals surface area contributed by atoms with Gasteiger partial charge in [0.1, 0.15) is 9.88 Å². The summed E-state index contributed by atoms with van der Waals surface area (Å²) in [5.74, 6) is 0.654. The van der Waals surface area contributed by atoms with Crippen molar-refractivity contribution < 1.29 is 4.79 Å². The standard InChI is InChI=1S/C15H27N3OS2/c1-7-9(2)8-10(3)17-14-12(20-6)11(16)13(21-14)15(19)18(4)5/h9-10,17H,7-8,16H2,1-6H3. The first-order chi connectivity index (χ1) is 9.81. The van der Waals surface area contributed by atoms with Gasteiger partial charge < -0.3 is 16.0 Å². The summed E-state index contributed by atoms with van der Waals surface area (Å²) in [4.78, 5) is 15.4. The van der Waals surface area contributed by atoms with Crippen LogP contribution in [-0.4, -0.2) is 37.2 Å². The maximum absolute atomic E-state index is 12.2. The first-order valence-corrected chi connectivity index (χ1v) is 9.30. The minimum absolute atomic E-state index is 0.0320. The molecule has 0 aliphatic carbocycles.